The van der Waals surface area contributed by atoms with Crippen molar-refractivity contribution in [3.8, 4) is 5.75 Å². The van der Waals surface area contributed by atoms with Crippen LogP contribution < -0.4 is 10.1 Å². The van der Waals surface area contributed by atoms with Crippen molar-refractivity contribution in [2.75, 3.05) is 7.11 Å². The fourth-order valence-corrected chi connectivity index (χ4v) is 3.16. The number of methoxy groups -OCH3 is 1. The van der Waals surface area contributed by atoms with Crippen molar-refractivity contribution in [1.29, 1.82) is 0 Å². The third-order valence-electron chi connectivity index (χ3n) is 4.01. The molecule has 0 heterocycles. The second kappa shape index (κ2) is 6.63. The zero-order valence-electron chi connectivity index (χ0n) is 12.2. The first-order chi connectivity index (χ1) is 10.3. The molecule has 2 aromatic rings. The minimum absolute atomic E-state index is 0.440. The highest BCUT2D eigenvalue weighted by Gasteiger charge is 2.31. The molecule has 0 amide bonds. The Balaban J connectivity index is 1.74. The van der Waals surface area contributed by atoms with Gasteiger partial charge in [-0.25, -0.2) is 0 Å². The van der Waals surface area contributed by atoms with Crippen LogP contribution in [0.1, 0.15) is 30.0 Å². The summed E-state index contributed by atoms with van der Waals surface area (Å²) in [4.78, 5) is 0. The summed E-state index contributed by atoms with van der Waals surface area (Å²) in [5.74, 6) is 1.71. The van der Waals surface area contributed by atoms with Crippen LogP contribution in [-0.2, 0) is 6.54 Å². The van der Waals surface area contributed by atoms with Crippen LogP contribution in [0.3, 0.4) is 0 Å². The van der Waals surface area contributed by atoms with Gasteiger partial charge in [0.05, 0.1) is 7.11 Å². The molecule has 1 saturated carbocycles. The molecule has 0 spiro atoms. The molecule has 21 heavy (non-hydrogen) atoms. The molecule has 1 aliphatic carbocycles. The van der Waals surface area contributed by atoms with E-state index in [-0.39, 0.29) is 0 Å². The summed E-state index contributed by atoms with van der Waals surface area (Å²) in [7, 11) is 1.72. The van der Waals surface area contributed by atoms with Crippen molar-refractivity contribution in [3.63, 3.8) is 0 Å². The monoisotopic (exact) mass is 345 g/mol. The molecular weight excluding hydrogens is 326 g/mol. The van der Waals surface area contributed by atoms with E-state index in [2.05, 4.69) is 57.6 Å². The molecular formula is C18H20BrNO. The predicted molar refractivity (Wildman–Crippen MR) is 89.4 cm³/mol. The van der Waals surface area contributed by atoms with Gasteiger partial charge in [0.1, 0.15) is 5.75 Å². The van der Waals surface area contributed by atoms with Crippen molar-refractivity contribution < 1.29 is 4.74 Å². The van der Waals surface area contributed by atoms with Crippen LogP contribution >= 0.6 is 15.9 Å². The van der Waals surface area contributed by atoms with Gasteiger partial charge < -0.3 is 10.1 Å². The molecule has 1 atom stereocenters. The van der Waals surface area contributed by atoms with E-state index in [1.165, 1.54) is 24.0 Å². The minimum Gasteiger partial charge on any atom is -0.496 e. The van der Waals surface area contributed by atoms with Crippen molar-refractivity contribution in [2.24, 2.45) is 5.92 Å². The summed E-state index contributed by atoms with van der Waals surface area (Å²) in [6.07, 6.45) is 2.64. The second-order valence-electron chi connectivity index (χ2n) is 5.56. The van der Waals surface area contributed by atoms with Gasteiger partial charge in [-0.05, 0) is 42.5 Å². The maximum atomic E-state index is 5.45. The van der Waals surface area contributed by atoms with Crippen LogP contribution in [0.2, 0.25) is 0 Å². The normalized spacial score (nSPS) is 15.7. The Morgan fingerprint density at radius 3 is 2.62 bits per heavy atom. The van der Waals surface area contributed by atoms with Gasteiger partial charge in [0.25, 0.3) is 0 Å². The highest BCUT2D eigenvalue weighted by molar-refractivity contribution is 9.10. The van der Waals surface area contributed by atoms with Gasteiger partial charge in [-0.1, -0.05) is 46.3 Å². The average molecular weight is 346 g/mol. The number of nitrogens with one attached hydrogen (secondary N) is 1. The van der Waals surface area contributed by atoms with Gasteiger partial charge in [-0.15, -0.1) is 0 Å². The van der Waals surface area contributed by atoms with Gasteiger partial charge in [0.15, 0.2) is 0 Å². The topological polar surface area (TPSA) is 21.3 Å². The summed E-state index contributed by atoms with van der Waals surface area (Å²) < 4.78 is 6.54. The predicted octanol–water partition coefficient (Wildman–Crippen LogP) is 4.70. The maximum absolute atomic E-state index is 5.45. The molecule has 3 rings (SSSR count). The van der Waals surface area contributed by atoms with E-state index in [0.29, 0.717) is 6.04 Å². The Hall–Kier alpha value is -1.32. The van der Waals surface area contributed by atoms with E-state index in [1.54, 1.807) is 7.11 Å². The zero-order valence-corrected chi connectivity index (χ0v) is 13.8. The SMILES string of the molecule is COc1ccc(Br)cc1CNC(c1ccccc1)C1CC1. The van der Waals surface area contributed by atoms with Crippen LogP contribution in [0.15, 0.2) is 53.0 Å². The van der Waals surface area contributed by atoms with E-state index in [0.717, 1.165) is 22.7 Å². The summed E-state index contributed by atoms with van der Waals surface area (Å²) in [5, 5.41) is 3.72. The summed E-state index contributed by atoms with van der Waals surface area (Å²) in [6, 6.07) is 17.3. The second-order valence-corrected chi connectivity index (χ2v) is 6.48. The summed E-state index contributed by atoms with van der Waals surface area (Å²) >= 11 is 3.54. The van der Waals surface area contributed by atoms with Gasteiger partial charge in [0, 0.05) is 22.6 Å². The molecule has 2 aromatic carbocycles. The standard InChI is InChI=1S/C18H20BrNO/c1-21-17-10-9-16(19)11-15(17)12-20-18(14-7-8-14)13-5-3-2-4-6-13/h2-6,9-11,14,18,20H,7-8,12H2,1H3. The number of benzene rings is 2. The van der Waals surface area contributed by atoms with Crippen molar-refractivity contribution >= 4 is 15.9 Å². The minimum atomic E-state index is 0.440. The van der Waals surface area contributed by atoms with Gasteiger partial charge in [0.2, 0.25) is 0 Å². The Morgan fingerprint density at radius 2 is 1.95 bits per heavy atom. The molecule has 110 valence electrons. The Morgan fingerprint density at radius 1 is 1.19 bits per heavy atom. The molecule has 1 unspecified atom stereocenters. The number of rotatable bonds is 6. The molecule has 0 aromatic heterocycles. The summed E-state index contributed by atoms with van der Waals surface area (Å²) in [5.41, 5.74) is 2.57. The van der Waals surface area contributed by atoms with Crippen molar-refractivity contribution in [2.45, 2.75) is 25.4 Å². The molecule has 0 aliphatic heterocycles. The van der Waals surface area contributed by atoms with Crippen LogP contribution in [0.5, 0.6) is 5.75 Å². The van der Waals surface area contributed by atoms with Crippen molar-refractivity contribution in [3.05, 3.63) is 64.1 Å². The zero-order chi connectivity index (χ0) is 14.7. The molecule has 1 N–H and O–H groups in total. The molecule has 1 aliphatic rings. The van der Waals surface area contributed by atoms with Crippen LogP contribution in [0, 0.1) is 5.92 Å². The van der Waals surface area contributed by atoms with Crippen LogP contribution in [-0.4, -0.2) is 7.11 Å². The first kappa shape index (κ1) is 14.6. The first-order valence-corrected chi connectivity index (χ1v) is 8.18. The average Bonchev–Trinajstić information content (AvgIpc) is 3.34. The fraction of sp³-hybridized carbons (Fsp3) is 0.333. The number of hydrogen-bond acceptors (Lipinski definition) is 2. The maximum Gasteiger partial charge on any atom is 0.123 e. The molecule has 0 saturated heterocycles. The van der Waals surface area contributed by atoms with Crippen LogP contribution in [0.4, 0.5) is 0 Å². The van der Waals surface area contributed by atoms with Gasteiger partial charge in [-0.2, -0.15) is 0 Å². The Bertz CT molecular complexity index is 595. The summed E-state index contributed by atoms with van der Waals surface area (Å²) in [6.45, 7) is 0.818. The first-order valence-electron chi connectivity index (χ1n) is 7.38. The van der Waals surface area contributed by atoms with E-state index in [9.17, 15) is 0 Å². The van der Waals surface area contributed by atoms with Gasteiger partial charge in [-0.3, -0.25) is 0 Å². The lowest BCUT2D eigenvalue weighted by molar-refractivity contribution is 0.402. The van der Waals surface area contributed by atoms with Crippen molar-refractivity contribution in [1.82, 2.24) is 5.32 Å². The lowest BCUT2D eigenvalue weighted by Crippen LogP contribution is -2.22. The highest BCUT2D eigenvalue weighted by atomic mass is 79.9. The van der Waals surface area contributed by atoms with Crippen LogP contribution in [0.25, 0.3) is 0 Å². The van der Waals surface area contributed by atoms with E-state index in [1.807, 2.05) is 12.1 Å². The lowest BCUT2D eigenvalue weighted by atomic mass is 10.0. The third-order valence-corrected chi connectivity index (χ3v) is 4.50. The molecule has 0 radical (unpaired) electrons. The molecule has 2 nitrogen and oxygen atoms in total. The highest BCUT2D eigenvalue weighted by Crippen LogP contribution is 2.41. The van der Waals surface area contributed by atoms with E-state index in [4.69, 9.17) is 4.74 Å². The smallest absolute Gasteiger partial charge is 0.123 e. The number of halogens is 1. The fourth-order valence-electron chi connectivity index (χ4n) is 2.75. The molecule has 0 bridgehead atoms. The molecule has 1 fully saturated rings. The number of ether oxygens (including phenoxy) is 1. The Kier molecular flexibility index (Phi) is 4.61. The largest absolute Gasteiger partial charge is 0.496 e. The quantitative estimate of drug-likeness (QED) is 0.819. The van der Waals surface area contributed by atoms with Gasteiger partial charge >= 0.3 is 0 Å². The molecule has 3 heteroatoms. The third kappa shape index (κ3) is 3.66. The lowest BCUT2D eigenvalue weighted by Gasteiger charge is -2.20. The number of hydrogen-bond donors (Lipinski definition) is 1. The Labute approximate surface area is 134 Å². The van der Waals surface area contributed by atoms with E-state index >= 15 is 0 Å². The van der Waals surface area contributed by atoms with E-state index < -0.39 is 0 Å².